The van der Waals surface area contributed by atoms with Crippen molar-refractivity contribution in [3.8, 4) is 17.2 Å². The molecule has 0 atom stereocenters. The number of tetrazole rings is 1. The van der Waals surface area contributed by atoms with Gasteiger partial charge < -0.3 is 14.8 Å². The molecule has 0 saturated carbocycles. The number of hydrogen-bond acceptors (Lipinski definition) is 7. The summed E-state index contributed by atoms with van der Waals surface area (Å²) in [4.78, 5) is 12.4. The Labute approximate surface area is 160 Å². The van der Waals surface area contributed by atoms with Crippen molar-refractivity contribution in [3.05, 3.63) is 48.0 Å². The van der Waals surface area contributed by atoms with Gasteiger partial charge >= 0.3 is 0 Å². The second-order valence-electron chi connectivity index (χ2n) is 5.61. The fourth-order valence-electron chi connectivity index (χ4n) is 2.35. The third-order valence-electron chi connectivity index (χ3n) is 3.73. The maximum absolute atomic E-state index is 12.4. The zero-order valence-corrected chi connectivity index (χ0v) is 16.0. The number of amides is 1. The monoisotopic (exact) mass is 385 g/mol. The minimum absolute atomic E-state index is 0.145. The lowest BCUT2D eigenvalue weighted by Crippen LogP contribution is -2.15. The Morgan fingerprint density at radius 2 is 1.93 bits per heavy atom. The second-order valence-corrected chi connectivity index (χ2v) is 6.55. The molecule has 1 heterocycles. The van der Waals surface area contributed by atoms with Crippen molar-refractivity contribution in [2.45, 2.75) is 12.1 Å². The quantitative estimate of drug-likeness (QED) is 0.625. The highest BCUT2D eigenvalue weighted by molar-refractivity contribution is 7.99. The van der Waals surface area contributed by atoms with Crippen molar-refractivity contribution in [2.75, 3.05) is 25.3 Å². The highest BCUT2D eigenvalue weighted by atomic mass is 32.2. The van der Waals surface area contributed by atoms with Crippen molar-refractivity contribution in [1.29, 1.82) is 0 Å². The molecule has 0 aliphatic carbocycles. The molecule has 3 aromatic rings. The Morgan fingerprint density at radius 3 is 2.63 bits per heavy atom. The number of nitrogens with one attached hydrogen (secondary N) is 1. The van der Waals surface area contributed by atoms with Crippen LogP contribution in [0.1, 0.15) is 5.56 Å². The number of carbonyl (C=O) groups excluding carboxylic acids is 1. The first-order valence-corrected chi connectivity index (χ1v) is 9.09. The van der Waals surface area contributed by atoms with Crippen LogP contribution >= 0.6 is 11.8 Å². The summed E-state index contributed by atoms with van der Waals surface area (Å²) in [6, 6.07) is 13.0. The van der Waals surface area contributed by atoms with E-state index < -0.39 is 0 Å². The van der Waals surface area contributed by atoms with Gasteiger partial charge in [0.15, 0.2) is 0 Å². The minimum Gasteiger partial charge on any atom is -0.497 e. The van der Waals surface area contributed by atoms with E-state index in [0.717, 1.165) is 11.3 Å². The van der Waals surface area contributed by atoms with Gasteiger partial charge in [-0.05, 0) is 41.6 Å². The van der Waals surface area contributed by atoms with E-state index in [9.17, 15) is 4.79 Å². The number of methoxy groups -OCH3 is 2. The zero-order valence-electron chi connectivity index (χ0n) is 15.2. The van der Waals surface area contributed by atoms with Gasteiger partial charge in [0.25, 0.3) is 0 Å². The molecule has 0 fully saturated rings. The van der Waals surface area contributed by atoms with Gasteiger partial charge in [-0.1, -0.05) is 29.5 Å². The molecule has 0 aliphatic rings. The van der Waals surface area contributed by atoms with Crippen LogP contribution in [0.15, 0.2) is 47.6 Å². The topological polar surface area (TPSA) is 91.2 Å². The third-order valence-corrected chi connectivity index (χ3v) is 4.65. The van der Waals surface area contributed by atoms with Gasteiger partial charge in [0.05, 0.1) is 31.3 Å². The lowest BCUT2D eigenvalue weighted by molar-refractivity contribution is -0.113. The maximum Gasteiger partial charge on any atom is 0.234 e. The van der Waals surface area contributed by atoms with Gasteiger partial charge in [-0.3, -0.25) is 4.79 Å². The van der Waals surface area contributed by atoms with Gasteiger partial charge in [0.2, 0.25) is 11.1 Å². The molecule has 0 aliphatic heterocycles. The Kier molecular flexibility index (Phi) is 5.92. The first-order chi connectivity index (χ1) is 13.1. The zero-order chi connectivity index (χ0) is 19.2. The highest BCUT2D eigenvalue weighted by Crippen LogP contribution is 2.29. The standard InChI is InChI=1S/C18H19N5O3S/c1-12-4-6-13(7-5-12)23-18(20-21-22-23)27-11-17(24)19-15-10-14(25-2)8-9-16(15)26-3/h4-10H,11H2,1-3H3,(H,19,24). The Bertz CT molecular complexity index is 927. The van der Waals surface area contributed by atoms with E-state index in [1.54, 1.807) is 37.1 Å². The van der Waals surface area contributed by atoms with Crippen LogP contribution in [0.2, 0.25) is 0 Å². The lowest BCUT2D eigenvalue weighted by atomic mass is 10.2. The number of aryl methyl sites for hydroxylation is 1. The summed E-state index contributed by atoms with van der Waals surface area (Å²) in [5.74, 6) is 1.12. The van der Waals surface area contributed by atoms with Gasteiger partial charge in [-0.15, -0.1) is 5.10 Å². The largest absolute Gasteiger partial charge is 0.497 e. The summed E-state index contributed by atoms with van der Waals surface area (Å²) < 4.78 is 12.1. The third kappa shape index (κ3) is 4.56. The molecule has 8 nitrogen and oxygen atoms in total. The van der Waals surface area contributed by atoms with Crippen LogP contribution in [-0.2, 0) is 4.79 Å². The number of aromatic nitrogens is 4. The molecule has 9 heteroatoms. The summed E-state index contributed by atoms with van der Waals surface area (Å²) >= 11 is 1.25. The molecule has 1 N–H and O–H groups in total. The molecule has 3 rings (SSSR count). The average Bonchev–Trinajstić information content (AvgIpc) is 3.15. The predicted octanol–water partition coefficient (Wildman–Crippen LogP) is 2.72. The summed E-state index contributed by atoms with van der Waals surface area (Å²) in [5, 5.41) is 15.1. The fraction of sp³-hybridized carbons (Fsp3) is 0.222. The molecule has 0 unspecified atom stereocenters. The molecule has 140 valence electrons. The van der Waals surface area contributed by atoms with Crippen LogP contribution in [0.5, 0.6) is 11.5 Å². The smallest absolute Gasteiger partial charge is 0.234 e. The normalized spacial score (nSPS) is 10.5. The average molecular weight is 385 g/mol. The number of rotatable bonds is 7. The number of anilines is 1. The summed E-state index contributed by atoms with van der Waals surface area (Å²) in [6.45, 7) is 2.01. The van der Waals surface area contributed by atoms with Crippen LogP contribution in [0.25, 0.3) is 5.69 Å². The first kappa shape index (κ1) is 18.7. The minimum atomic E-state index is -0.204. The molecule has 27 heavy (non-hydrogen) atoms. The van der Waals surface area contributed by atoms with Crippen molar-refractivity contribution in [2.24, 2.45) is 0 Å². The van der Waals surface area contributed by atoms with Crippen molar-refractivity contribution < 1.29 is 14.3 Å². The SMILES string of the molecule is COc1ccc(OC)c(NC(=O)CSc2nnnn2-c2ccc(C)cc2)c1. The number of nitrogens with zero attached hydrogens (tertiary/aromatic N) is 4. The molecule has 0 bridgehead atoms. The van der Waals surface area contributed by atoms with Crippen molar-refractivity contribution in [3.63, 3.8) is 0 Å². The van der Waals surface area contributed by atoms with Crippen molar-refractivity contribution >= 4 is 23.4 Å². The molecule has 0 spiro atoms. The summed E-state index contributed by atoms with van der Waals surface area (Å²) in [6.07, 6.45) is 0. The Hall–Kier alpha value is -3.07. The number of thioether (sulfide) groups is 1. The van der Waals surface area contributed by atoms with Crippen LogP contribution in [0.3, 0.4) is 0 Å². The molecular weight excluding hydrogens is 366 g/mol. The van der Waals surface area contributed by atoms with Crippen LogP contribution in [0, 0.1) is 6.92 Å². The van der Waals surface area contributed by atoms with Crippen LogP contribution < -0.4 is 14.8 Å². The molecule has 0 saturated heterocycles. The highest BCUT2D eigenvalue weighted by Gasteiger charge is 2.13. The fourth-order valence-corrected chi connectivity index (χ4v) is 3.04. The number of hydrogen-bond donors (Lipinski definition) is 1. The van der Waals surface area contributed by atoms with E-state index >= 15 is 0 Å². The van der Waals surface area contributed by atoms with E-state index in [0.29, 0.717) is 22.3 Å². The molecule has 0 radical (unpaired) electrons. The number of benzene rings is 2. The molecule has 1 amide bonds. The van der Waals surface area contributed by atoms with E-state index in [1.807, 2.05) is 31.2 Å². The van der Waals surface area contributed by atoms with Gasteiger partial charge in [0, 0.05) is 6.07 Å². The van der Waals surface area contributed by atoms with E-state index in [2.05, 4.69) is 20.8 Å². The maximum atomic E-state index is 12.4. The van der Waals surface area contributed by atoms with Crippen molar-refractivity contribution in [1.82, 2.24) is 20.2 Å². The summed E-state index contributed by atoms with van der Waals surface area (Å²) in [5.41, 5.74) is 2.52. The first-order valence-electron chi connectivity index (χ1n) is 8.11. The number of carbonyl (C=O) groups is 1. The van der Waals surface area contributed by atoms with Gasteiger partial charge in [0.1, 0.15) is 11.5 Å². The number of ether oxygens (including phenoxy) is 2. The molecular formula is C18H19N5O3S. The van der Waals surface area contributed by atoms with Crippen LogP contribution in [0.4, 0.5) is 5.69 Å². The molecule has 2 aromatic carbocycles. The van der Waals surface area contributed by atoms with E-state index in [1.165, 1.54) is 11.8 Å². The summed E-state index contributed by atoms with van der Waals surface area (Å²) in [7, 11) is 3.11. The van der Waals surface area contributed by atoms with Gasteiger partial charge in [-0.25, -0.2) is 0 Å². The van der Waals surface area contributed by atoms with Crippen LogP contribution in [-0.4, -0.2) is 46.1 Å². The Morgan fingerprint density at radius 1 is 1.15 bits per heavy atom. The van der Waals surface area contributed by atoms with E-state index in [-0.39, 0.29) is 11.7 Å². The van der Waals surface area contributed by atoms with Gasteiger partial charge in [-0.2, -0.15) is 4.68 Å². The second kappa shape index (κ2) is 8.54. The van der Waals surface area contributed by atoms with E-state index in [4.69, 9.17) is 9.47 Å². The predicted molar refractivity (Wildman–Crippen MR) is 103 cm³/mol. The Balaban J connectivity index is 1.67. The lowest BCUT2D eigenvalue weighted by Gasteiger charge is -2.11. The molecule has 1 aromatic heterocycles.